The maximum atomic E-state index is 13.2. The number of aliphatic carboxylic acids is 2. The maximum Gasteiger partial charge on any atom is 0.416 e. The van der Waals surface area contributed by atoms with Crippen molar-refractivity contribution < 1.29 is 42.4 Å². The molecular formula is C23H27F3N2O6. The van der Waals surface area contributed by atoms with E-state index >= 15 is 0 Å². The third kappa shape index (κ3) is 7.92. The fraction of sp³-hybridized carbons (Fsp3) is 0.391. The number of ether oxygens (including phenoxy) is 2. The number of methoxy groups -OCH3 is 2. The highest BCUT2D eigenvalue weighted by atomic mass is 19.4. The van der Waals surface area contributed by atoms with Gasteiger partial charge in [-0.2, -0.15) is 13.2 Å². The molecule has 0 radical (unpaired) electrons. The van der Waals surface area contributed by atoms with Crippen LogP contribution in [0.15, 0.2) is 42.5 Å². The molecule has 2 aromatic carbocycles. The first-order valence-corrected chi connectivity index (χ1v) is 10.3. The van der Waals surface area contributed by atoms with Gasteiger partial charge in [0.15, 0.2) is 11.5 Å². The quantitative estimate of drug-likeness (QED) is 0.604. The first-order chi connectivity index (χ1) is 16.0. The predicted molar refractivity (Wildman–Crippen MR) is 117 cm³/mol. The molecule has 0 bridgehead atoms. The van der Waals surface area contributed by atoms with E-state index in [1.165, 1.54) is 6.07 Å². The zero-order valence-electron chi connectivity index (χ0n) is 18.8. The van der Waals surface area contributed by atoms with Crippen LogP contribution < -0.4 is 9.47 Å². The molecule has 1 fully saturated rings. The molecule has 0 aromatic heterocycles. The SMILES string of the molecule is COc1ccc(CN2CCN(Cc3ccccc3C(F)(F)F)CC2)cc1OC.O=C(O)C(=O)O. The number of hydrogen-bond donors (Lipinski definition) is 2. The van der Waals surface area contributed by atoms with E-state index in [2.05, 4.69) is 9.80 Å². The number of benzene rings is 2. The number of carboxylic acid groups (broad SMARTS) is 2. The summed E-state index contributed by atoms with van der Waals surface area (Å²) in [6.07, 6.45) is -4.31. The van der Waals surface area contributed by atoms with Crippen LogP contribution in [-0.4, -0.2) is 72.4 Å². The summed E-state index contributed by atoms with van der Waals surface area (Å²) >= 11 is 0. The van der Waals surface area contributed by atoms with Crippen molar-refractivity contribution >= 4 is 11.9 Å². The Hall–Kier alpha value is -3.31. The molecule has 1 saturated heterocycles. The molecule has 1 aliphatic rings. The van der Waals surface area contributed by atoms with Gasteiger partial charge in [-0.1, -0.05) is 24.3 Å². The standard InChI is InChI=1S/C21H25F3N2O2.C2H2O4/c1-27-19-8-7-16(13-20(19)28-2)14-25-9-11-26(12-10-25)15-17-5-3-4-6-18(17)21(22,23)24;3-1(4)2(5)6/h3-8,13H,9-12,14-15H2,1-2H3;(H,3,4)(H,5,6). The number of carbonyl (C=O) groups is 2. The fourth-order valence-corrected chi connectivity index (χ4v) is 3.52. The Morgan fingerprint density at radius 1 is 0.853 bits per heavy atom. The molecule has 2 N–H and O–H groups in total. The van der Waals surface area contributed by atoms with Gasteiger partial charge >= 0.3 is 18.1 Å². The Morgan fingerprint density at radius 2 is 1.38 bits per heavy atom. The topological polar surface area (TPSA) is 99.5 Å². The van der Waals surface area contributed by atoms with Crippen molar-refractivity contribution in [1.82, 2.24) is 9.80 Å². The van der Waals surface area contributed by atoms with E-state index in [1.807, 2.05) is 18.2 Å². The minimum atomic E-state index is -4.31. The second-order valence-corrected chi connectivity index (χ2v) is 7.51. The molecule has 0 unspecified atom stereocenters. The van der Waals surface area contributed by atoms with Crippen LogP contribution in [0.25, 0.3) is 0 Å². The summed E-state index contributed by atoms with van der Waals surface area (Å²) in [5.74, 6) is -2.26. The van der Waals surface area contributed by atoms with Crippen LogP contribution in [0.4, 0.5) is 13.2 Å². The number of alkyl halides is 3. The van der Waals surface area contributed by atoms with E-state index in [9.17, 15) is 13.2 Å². The predicted octanol–water partition coefficient (Wildman–Crippen LogP) is 3.20. The molecule has 2 aromatic rings. The summed E-state index contributed by atoms with van der Waals surface area (Å²) < 4.78 is 50.1. The fourth-order valence-electron chi connectivity index (χ4n) is 3.52. The lowest BCUT2D eigenvalue weighted by atomic mass is 10.1. The van der Waals surface area contributed by atoms with Crippen molar-refractivity contribution in [2.75, 3.05) is 40.4 Å². The Balaban J connectivity index is 0.000000604. The summed E-state index contributed by atoms with van der Waals surface area (Å²) in [5, 5.41) is 14.8. The molecule has 0 amide bonds. The van der Waals surface area contributed by atoms with Crippen molar-refractivity contribution in [3.8, 4) is 11.5 Å². The van der Waals surface area contributed by atoms with E-state index in [4.69, 9.17) is 29.3 Å². The molecule has 8 nitrogen and oxygen atoms in total. The Labute approximate surface area is 195 Å². The van der Waals surface area contributed by atoms with Gasteiger partial charge in [0.25, 0.3) is 0 Å². The molecule has 1 heterocycles. The summed E-state index contributed by atoms with van der Waals surface area (Å²) in [6, 6.07) is 11.7. The van der Waals surface area contributed by atoms with Crippen molar-refractivity contribution in [1.29, 1.82) is 0 Å². The Kier molecular flexibility index (Phi) is 9.69. The molecular weight excluding hydrogens is 457 g/mol. The van der Waals surface area contributed by atoms with E-state index in [0.29, 0.717) is 23.6 Å². The van der Waals surface area contributed by atoms with Gasteiger partial charge < -0.3 is 19.7 Å². The van der Waals surface area contributed by atoms with E-state index < -0.39 is 23.7 Å². The molecule has 186 valence electrons. The first-order valence-electron chi connectivity index (χ1n) is 10.3. The van der Waals surface area contributed by atoms with Crippen LogP contribution in [0, 0.1) is 0 Å². The highest BCUT2D eigenvalue weighted by molar-refractivity contribution is 6.27. The second-order valence-electron chi connectivity index (χ2n) is 7.51. The van der Waals surface area contributed by atoms with Gasteiger partial charge in [0, 0.05) is 39.3 Å². The van der Waals surface area contributed by atoms with E-state index in [1.54, 1.807) is 26.4 Å². The van der Waals surface area contributed by atoms with Crippen LogP contribution in [-0.2, 0) is 28.9 Å². The van der Waals surface area contributed by atoms with Gasteiger partial charge in [-0.05, 0) is 29.3 Å². The van der Waals surface area contributed by atoms with Crippen LogP contribution in [0.1, 0.15) is 16.7 Å². The van der Waals surface area contributed by atoms with Gasteiger partial charge in [-0.25, -0.2) is 9.59 Å². The molecule has 0 saturated carbocycles. The molecule has 1 aliphatic heterocycles. The lowest BCUT2D eigenvalue weighted by molar-refractivity contribution is -0.159. The minimum Gasteiger partial charge on any atom is -0.493 e. The van der Waals surface area contributed by atoms with Crippen molar-refractivity contribution in [2.24, 2.45) is 0 Å². The van der Waals surface area contributed by atoms with Crippen molar-refractivity contribution in [3.05, 3.63) is 59.2 Å². The number of hydrogen-bond acceptors (Lipinski definition) is 6. The zero-order valence-corrected chi connectivity index (χ0v) is 18.8. The zero-order chi connectivity index (χ0) is 25.3. The lowest BCUT2D eigenvalue weighted by Gasteiger charge is -2.35. The van der Waals surface area contributed by atoms with Gasteiger partial charge in [-0.3, -0.25) is 9.80 Å². The third-order valence-electron chi connectivity index (χ3n) is 5.22. The number of rotatable bonds is 6. The summed E-state index contributed by atoms with van der Waals surface area (Å²) in [4.78, 5) is 22.6. The first kappa shape index (κ1) is 26.9. The monoisotopic (exact) mass is 484 g/mol. The average molecular weight is 484 g/mol. The number of halogens is 3. The Bertz CT molecular complexity index is 963. The lowest BCUT2D eigenvalue weighted by Crippen LogP contribution is -2.45. The molecule has 0 spiro atoms. The molecule has 3 rings (SSSR count). The van der Waals surface area contributed by atoms with Gasteiger partial charge in [0.1, 0.15) is 0 Å². The van der Waals surface area contributed by atoms with Gasteiger partial charge in [0.2, 0.25) is 0 Å². The largest absolute Gasteiger partial charge is 0.493 e. The minimum absolute atomic E-state index is 0.319. The van der Waals surface area contributed by atoms with Crippen LogP contribution >= 0.6 is 0 Å². The third-order valence-corrected chi connectivity index (χ3v) is 5.22. The van der Waals surface area contributed by atoms with Crippen LogP contribution in [0.3, 0.4) is 0 Å². The molecule has 11 heteroatoms. The van der Waals surface area contributed by atoms with E-state index in [-0.39, 0.29) is 0 Å². The van der Waals surface area contributed by atoms with Crippen LogP contribution in [0.5, 0.6) is 11.5 Å². The normalized spacial score (nSPS) is 14.6. The smallest absolute Gasteiger partial charge is 0.416 e. The molecule has 34 heavy (non-hydrogen) atoms. The van der Waals surface area contributed by atoms with Crippen molar-refractivity contribution in [3.63, 3.8) is 0 Å². The average Bonchev–Trinajstić information content (AvgIpc) is 2.80. The summed E-state index contributed by atoms with van der Waals surface area (Å²) in [7, 11) is 3.22. The number of carboxylic acids is 2. The molecule has 0 atom stereocenters. The highest BCUT2D eigenvalue weighted by Crippen LogP contribution is 2.32. The van der Waals surface area contributed by atoms with Crippen molar-refractivity contribution in [2.45, 2.75) is 19.3 Å². The Morgan fingerprint density at radius 3 is 1.88 bits per heavy atom. The van der Waals surface area contributed by atoms with E-state index in [0.717, 1.165) is 44.4 Å². The second kappa shape index (κ2) is 12.2. The number of piperazine rings is 1. The van der Waals surface area contributed by atoms with Gasteiger partial charge in [0.05, 0.1) is 19.8 Å². The highest BCUT2D eigenvalue weighted by Gasteiger charge is 2.33. The molecule has 0 aliphatic carbocycles. The summed E-state index contributed by atoms with van der Waals surface area (Å²) in [5.41, 5.74) is 0.916. The number of nitrogens with zero attached hydrogens (tertiary/aromatic N) is 2. The van der Waals surface area contributed by atoms with Crippen LogP contribution in [0.2, 0.25) is 0 Å². The summed E-state index contributed by atoms with van der Waals surface area (Å²) in [6.45, 7) is 4.18. The maximum absolute atomic E-state index is 13.2. The van der Waals surface area contributed by atoms with Gasteiger partial charge in [-0.15, -0.1) is 0 Å².